The van der Waals surface area contributed by atoms with Gasteiger partial charge in [0.05, 0.1) is 44.9 Å². The third kappa shape index (κ3) is 5.46. The maximum Gasteiger partial charge on any atom is 0.255 e. The second-order valence-electron chi connectivity index (χ2n) is 8.87. The smallest absolute Gasteiger partial charge is 0.255 e. The lowest BCUT2D eigenvalue weighted by atomic mass is 10.2. The van der Waals surface area contributed by atoms with Gasteiger partial charge in [0.15, 0.2) is 11.0 Å². The van der Waals surface area contributed by atoms with Crippen molar-refractivity contribution < 1.29 is 23.8 Å². The second-order valence-corrected chi connectivity index (χ2v) is 9.81. The number of aromatic nitrogens is 3. The van der Waals surface area contributed by atoms with Crippen LogP contribution in [0.5, 0.6) is 17.2 Å². The molecule has 4 aromatic rings. The number of para-hydroxylation sites is 2. The molecule has 5 rings (SSSR count). The average Bonchev–Trinajstić information content (AvgIpc) is 3.62. The number of anilines is 1. The summed E-state index contributed by atoms with van der Waals surface area (Å²) in [5.41, 5.74) is 3.14. The van der Waals surface area contributed by atoms with E-state index in [-0.39, 0.29) is 24.1 Å². The lowest BCUT2D eigenvalue weighted by Gasteiger charge is -2.18. The summed E-state index contributed by atoms with van der Waals surface area (Å²) >= 11 is 1.27. The van der Waals surface area contributed by atoms with Crippen molar-refractivity contribution in [1.29, 1.82) is 0 Å². The first kappa shape index (κ1) is 27.1. The quantitative estimate of drug-likeness (QED) is 0.292. The van der Waals surface area contributed by atoms with Crippen molar-refractivity contribution in [2.24, 2.45) is 0 Å². The Morgan fingerprint density at radius 3 is 2.48 bits per heavy atom. The van der Waals surface area contributed by atoms with Crippen LogP contribution in [0.3, 0.4) is 0 Å². The first-order valence-electron chi connectivity index (χ1n) is 12.6. The van der Waals surface area contributed by atoms with Crippen LogP contribution in [-0.4, -0.2) is 60.2 Å². The van der Waals surface area contributed by atoms with Crippen LogP contribution in [-0.2, 0) is 17.8 Å². The van der Waals surface area contributed by atoms with Crippen molar-refractivity contribution in [2.45, 2.75) is 18.1 Å². The summed E-state index contributed by atoms with van der Waals surface area (Å²) in [4.78, 5) is 28.0. The first-order chi connectivity index (χ1) is 19.5. The van der Waals surface area contributed by atoms with Crippen molar-refractivity contribution in [3.8, 4) is 22.9 Å². The van der Waals surface area contributed by atoms with Gasteiger partial charge < -0.3 is 24.4 Å². The Morgan fingerprint density at radius 2 is 1.68 bits per heavy atom. The number of hydrogen-bond donors (Lipinski definition) is 1. The van der Waals surface area contributed by atoms with Gasteiger partial charge in [-0.25, -0.2) is 0 Å². The number of rotatable bonds is 10. The predicted octanol–water partition coefficient (Wildman–Crippen LogP) is 3.90. The average molecular weight is 560 g/mol. The highest BCUT2D eigenvalue weighted by molar-refractivity contribution is 7.99. The minimum atomic E-state index is -0.318. The molecule has 0 spiro atoms. The zero-order valence-electron chi connectivity index (χ0n) is 22.4. The van der Waals surface area contributed by atoms with Gasteiger partial charge >= 0.3 is 0 Å². The highest BCUT2D eigenvalue weighted by atomic mass is 32.2. The number of hydrogen-bond acceptors (Lipinski definition) is 8. The summed E-state index contributed by atoms with van der Waals surface area (Å²) in [6.45, 7) is 0.716. The van der Waals surface area contributed by atoms with Crippen LogP contribution in [0.25, 0.3) is 5.69 Å². The summed E-state index contributed by atoms with van der Waals surface area (Å²) in [6.07, 6.45) is 0.833. The molecule has 0 unspecified atom stereocenters. The molecule has 40 heavy (non-hydrogen) atoms. The van der Waals surface area contributed by atoms with E-state index < -0.39 is 0 Å². The van der Waals surface area contributed by atoms with E-state index in [9.17, 15) is 9.59 Å². The van der Waals surface area contributed by atoms with E-state index in [2.05, 4.69) is 15.5 Å². The molecule has 0 radical (unpaired) electrons. The number of carbonyl (C=O) groups excluding carboxylic acids is 2. The molecule has 10 nitrogen and oxygen atoms in total. The fourth-order valence-corrected chi connectivity index (χ4v) is 5.45. The molecular weight excluding hydrogens is 530 g/mol. The van der Waals surface area contributed by atoms with E-state index >= 15 is 0 Å². The Balaban J connectivity index is 1.42. The fourth-order valence-electron chi connectivity index (χ4n) is 4.61. The molecule has 0 atom stereocenters. The van der Waals surface area contributed by atoms with Gasteiger partial charge in [-0.15, -0.1) is 10.2 Å². The molecule has 1 N–H and O–H groups in total. The maximum absolute atomic E-state index is 13.2. The van der Waals surface area contributed by atoms with E-state index in [1.165, 1.54) is 24.4 Å². The third-order valence-corrected chi connectivity index (χ3v) is 7.51. The Kier molecular flexibility index (Phi) is 8.20. The standard InChI is InChI=1S/C29H29N5O5S/c1-37-20-12-13-25(39-3)23(16-20)34-26(17-30-28(36)21-9-5-7-11-24(21)38-2)31-32-29(34)40-18-27(35)33-15-14-19-8-4-6-10-22(19)33/h4-13,16H,14-15,17-18H2,1-3H3,(H,30,36). The lowest BCUT2D eigenvalue weighted by molar-refractivity contribution is -0.116. The molecule has 1 aliphatic heterocycles. The van der Waals surface area contributed by atoms with Crippen molar-refractivity contribution in [3.63, 3.8) is 0 Å². The maximum atomic E-state index is 13.2. The van der Waals surface area contributed by atoms with Gasteiger partial charge in [0.1, 0.15) is 17.2 Å². The van der Waals surface area contributed by atoms with Crippen molar-refractivity contribution in [3.05, 3.63) is 83.7 Å². The Bertz CT molecular complexity index is 1540. The van der Waals surface area contributed by atoms with Crippen LogP contribution >= 0.6 is 11.8 Å². The number of methoxy groups -OCH3 is 3. The Morgan fingerprint density at radius 1 is 0.900 bits per heavy atom. The van der Waals surface area contributed by atoms with Gasteiger partial charge in [-0.05, 0) is 42.3 Å². The molecule has 11 heteroatoms. The van der Waals surface area contributed by atoms with E-state index in [1.807, 2.05) is 29.2 Å². The van der Waals surface area contributed by atoms with Crippen molar-refractivity contribution in [1.82, 2.24) is 20.1 Å². The van der Waals surface area contributed by atoms with Gasteiger partial charge in [0, 0.05) is 18.3 Å². The zero-order valence-corrected chi connectivity index (χ0v) is 23.2. The molecule has 2 amide bonds. The molecular formula is C29H29N5O5S. The molecule has 1 aromatic heterocycles. The number of nitrogens with one attached hydrogen (secondary N) is 1. The number of benzene rings is 3. The lowest BCUT2D eigenvalue weighted by Crippen LogP contribution is -2.30. The van der Waals surface area contributed by atoms with E-state index in [0.29, 0.717) is 46.0 Å². The summed E-state index contributed by atoms with van der Waals surface area (Å²) in [5.74, 6) is 1.90. The molecule has 0 fully saturated rings. The minimum Gasteiger partial charge on any atom is -0.497 e. The van der Waals surface area contributed by atoms with E-state index in [4.69, 9.17) is 14.2 Å². The van der Waals surface area contributed by atoms with Crippen LogP contribution in [0.1, 0.15) is 21.7 Å². The highest BCUT2D eigenvalue weighted by Gasteiger charge is 2.26. The van der Waals surface area contributed by atoms with Gasteiger partial charge in [0.25, 0.3) is 5.91 Å². The molecule has 3 aromatic carbocycles. The molecule has 0 aliphatic carbocycles. The van der Waals surface area contributed by atoms with E-state index in [1.54, 1.807) is 61.3 Å². The molecule has 1 aliphatic rings. The number of thioether (sulfide) groups is 1. The summed E-state index contributed by atoms with van der Waals surface area (Å²) in [5, 5.41) is 12.1. The van der Waals surface area contributed by atoms with E-state index in [0.717, 1.165) is 12.1 Å². The third-order valence-electron chi connectivity index (χ3n) is 6.60. The normalized spacial score (nSPS) is 12.1. The zero-order chi connectivity index (χ0) is 28.1. The number of fused-ring (bicyclic) bond motifs is 1. The van der Waals surface area contributed by atoms with Gasteiger partial charge in [-0.1, -0.05) is 42.1 Å². The first-order valence-corrected chi connectivity index (χ1v) is 13.6. The van der Waals surface area contributed by atoms with Crippen LogP contribution in [0.15, 0.2) is 71.9 Å². The predicted molar refractivity (Wildman–Crippen MR) is 152 cm³/mol. The Hall–Kier alpha value is -4.51. The molecule has 0 saturated carbocycles. The SMILES string of the molecule is COc1ccc(OC)c(-n2c(CNC(=O)c3ccccc3OC)nnc2SCC(=O)N2CCc3ccccc32)c1. The van der Waals surface area contributed by atoms with Crippen LogP contribution in [0.4, 0.5) is 5.69 Å². The molecule has 0 saturated heterocycles. The topological polar surface area (TPSA) is 108 Å². The molecule has 206 valence electrons. The fraction of sp³-hybridized carbons (Fsp3) is 0.241. The number of ether oxygens (including phenoxy) is 3. The van der Waals surface area contributed by atoms with Crippen LogP contribution in [0, 0.1) is 0 Å². The van der Waals surface area contributed by atoms with Crippen molar-refractivity contribution >= 4 is 29.3 Å². The van der Waals surface area contributed by atoms with Gasteiger partial charge in [-0.3, -0.25) is 14.2 Å². The largest absolute Gasteiger partial charge is 0.497 e. The summed E-state index contributed by atoms with van der Waals surface area (Å²) in [7, 11) is 4.66. The highest BCUT2D eigenvalue weighted by Crippen LogP contribution is 2.33. The summed E-state index contributed by atoms with van der Waals surface area (Å²) in [6, 6.07) is 20.3. The second kappa shape index (κ2) is 12.1. The van der Waals surface area contributed by atoms with Gasteiger partial charge in [-0.2, -0.15) is 0 Å². The van der Waals surface area contributed by atoms with Gasteiger partial charge in [0.2, 0.25) is 5.91 Å². The number of carbonyl (C=O) groups is 2. The Labute approximate surface area is 236 Å². The number of nitrogens with zero attached hydrogens (tertiary/aromatic N) is 4. The van der Waals surface area contributed by atoms with Crippen LogP contribution in [0.2, 0.25) is 0 Å². The number of amides is 2. The molecule has 0 bridgehead atoms. The van der Waals surface area contributed by atoms with Crippen molar-refractivity contribution in [2.75, 3.05) is 38.5 Å². The molecule has 2 heterocycles. The summed E-state index contributed by atoms with van der Waals surface area (Å²) < 4.78 is 18.2. The monoisotopic (exact) mass is 559 g/mol. The van der Waals surface area contributed by atoms with Crippen LogP contribution < -0.4 is 24.4 Å². The minimum absolute atomic E-state index is 0.0202.